The molecule has 0 radical (unpaired) electrons. The average Bonchev–Trinajstić information content (AvgIpc) is 2.60. The van der Waals surface area contributed by atoms with Crippen LogP contribution >= 0.6 is 0 Å². The fourth-order valence-electron chi connectivity index (χ4n) is 3.91. The van der Waals surface area contributed by atoms with Crippen LogP contribution in [0.3, 0.4) is 0 Å². The Morgan fingerprint density at radius 1 is 0.778 bits per heavy atom. The van der Waals surface area contributed by atoms with Crippen LogP contribution in [0.15, 0.2) is 42.5 Å². The number of benzene rings is 2. The number of phenols is 1. The molecular formula is C26H38O. The number of hydrogen-bond donors (Lipinski definition) is 1. The summed E-state index contributed by atoms with van der Waals surface area (Å²) < 4.78 is 0. The second-order valence-corrected chi connectivity index (χ2v) is 9.58. The van der Waals surface area contributed by atoms with Gasteiger partial charge < -0.3 is 5.11 Å². The normalized spacial score (nSPS) is 12.4. The monoisotopic (exact) mass is 366 g/mol. The molecule has 0 bridgehead atoms. The highest BCUT2D eigenvalue weighted by atomic mass is 16.3. The molecule has 0 amide bonds. The van der Waals surface area contributed by atoms with E-state index in [0.717, 1.165) is 5.56 Å². The van der Waals surface area contributed by atoms with Crippen LogP contribution in [-0.2, 0) is 10.8 Å². The summed E-state index contributed by atoms with van der Waals surface area (Å²) in [5.41, 5.74) is 4.74. The Balaban J connectivity index is 2.44. The highest BCUT2D eigenvalue weighted by Gasteiger charge is 2.28. The highest BCUT2D eigenvalue weighted by molar-refractivity contribution is 5.72. The molecule has 1 N–H and O–H groups in total. The Kier molecular flexibility index (Phi) is 7.14. The Labute approximate surface area is 166 Å². The SMILES string of the molecule is CCCCCCCC(C)(C)c1cc(C(C)(C)C)c(O)cc1-c1ccccc1. The molecule has 2 aromatic carbocycles. The van der Waals surface area contributed by atoms with Gasteiger partial charge in [0.2, 0.25) is 0 Å². The number of unbranched alkanes of at least 4 members (excludes halogenated alkanes) is 4. The van der Waals surface area contributed by atoms with Gasteiger partial charge in [0.25, 0.3) is 0 Å². The molecule has 1 nitrogen and oxygen atoms in total. The lowest BCUT2D eigenvalue weighted by Crippen LogP contribution is -2.21. The second-order valence-electron chi connectivity index (χ2n) is 9.58. The lowest BCUT2D eigenvalue weighted by atomic mass is 9.73. The zero-order chi connectivity index (χ0) is 20.1. The van der Waals surface area contributed by atoms with E-state index >= 15 is 0 Å². The fourth-order valence-corrected chi connectivity index (χ4v) is 3.91. The smallest absolute Gasteiger partial charge is 0.119 e. The number of hydrogen-bond acceptors (Lipinski definition) is 1. The molecule has 2 aromatic rings. The molecule has 27 heavy (non-hydrogen) atoms. The minimum Gasteiger partial charge on any atom is -0.508 e. The van der Waals surface area contributed by atoms with Gasteiger partial charge >= 0.3 is 0 Å². The predicted molar refractivity (Wildman–Crippen MR) is 119 cm³/mol. The van der Waals surface area contributed by atoms with Crippen LogP contribution in [0.25, 0.3) is 11.1 Å². The van der Waals surface area contributed by atoms with Gasteiger partial charge in [0, 0.05) is 0 Å². The van der Waals surface area contributed by atoms with Crippen LogP contribution in [0.4, 0.5) is 0 Å². The van der Waals surface area contributed by atoms with Gasteiger partial charge in [0.05, 0.1) is 0 Å². The van der Waals surface area contributed by atoms with E-state index in [1.54, 1.807) is 0 Å². The molecule has 0 saturated heterocycles. The third-order valence-electron chi connectivity index (χ3n) is 5.66. The van der Waals surface area contributed by atoms with Crippen molar-refractivity contribution >= 4 is 0 Å². The molecule has 0 heterocycles. The third-order valence-corrected chi connectivity index (χ3v) is 5.66. The van der Waals surface area contributed by atoms with Gasteiger partial charge in [-0.2, -0.15) is 0 Å². The van der Waals surface area contributed by atoms with Gasteiger partial charge in [-0.3, -0.25) is 0 Å². The van der Waals surface area contributed by atoms with Gasteiger partial charge in [-0.25, -0.2) is 0 Å². The van der Waals surface area contributed by atoms with Crippen LogP contribution in [0.5, 0.6) is 5.75 Å². The maximum absolute atomic E-state index is 10.8. The maximum atomic E-state index is 10.8. The minimum absolute atomic E-state index is 0.0745. The van der Waals surface area contributed by atoms with E-state index in [0.29, 0.717) is 5.75 Å². The summed E-state index contributed by atoms with van der Waals surface area (Å²) in [6.07, 6.45) is 7.69. The Bertz CT molecular complexity index is 720. The first kappa shape index (κ1) is 21.5. The first-order valence-corrected chi connectivity index (χ1v) is 10.6. The fraction of sp³-hybridized carbons (Fsp3) is 0.538. The van der Waals surface area contributed by atoms with Crippen LogP contribution < -0.4 is 0 Å². The van der Waals surface area contributed by atoms with Crippen LogP contribution in [0.2, 0.25) is 0 Å². The summed E-state index contributed by atoms with van der Waals surface area (Å²) >= 11 is 0. The van der Waals surface area contributed by atoms with Gasteiger partial charge in [0.1, 0.15) is 5.75 Å². The van der Waals surface area contributed by atoms with Crippen molar-refractivity contribution in [3.05, 3.63) is 53.6 Å². The largest absolute Gasteiger partial charge is 0.508 e. The van der Waals surface area contributed by atoms with Crippen LogP contribution in [0, 0.1) is 0 Å². The predicted octanol–water partition coefficient (Wildman–Crippen LogP) is 7.99. The molecule has 0 fully saturated rings. The molecule has 148 valence electrons. The molecule has 1 heteroatoms. The number of rotatable bonds is 8. The van der Waals surface area contributed by atoms with E-state index in [1.807, 2.05) is 12.1 Å². The van der Waals surface area contributed by atoms with Crippen LogP contribution in [-0.4, -0.2) is 5.11 Å². The first-order chi connectivity index (χ1) is 12.7. The lowest BCUT2D eigenvalue weighted by Gasteiger charge is -2.31. The molecule has 2 rings (SSSR count). The van der Waals surface area contributed by atoms with Crippen molar-refractivity contribution in [3.8, 4) is 16.9 Å². The molecular weight excluding hydrogens is 328 g/mol. The summed E-state index contributed by atoms with van der Waals surface area (Å²) in [5, 5.41) is 10.8. The quantitative estimate of drug-likeness (QED) is 0.469. The molecule has 0 aliphatic carbocycles. The molecule has 0 unspecified atom stereocenters. The van der Waals surface area contributed by atoms with E-state index in [4.69, 9.17) is 0 Å². The standard InChI is InChI=1S/C26H38O/c1-7-8-9-10-14-17-26(5,6)22-19-23(25(2,3)4)24(27)18-21(22)20-15-12-11-13-16-20/h11-13,15-16,18-19,27H,7-10,14,17H2,1-6H3. The molecule has 0 aliphatic rings. The molecule has 0 aromatic heterocycles. The summed E-state index contributed by atoms with van der Waals surface area (Å²) in [6.45, 7) is 13.5. The van der Waals surface area contributed by atoms with Crippen molar-refractivity contribution in [1.29, 1.82) is 0 Å². The molecule has 0 saturated carbocycles. The zero-order valence-electron chi connectivity index (χ0n) is 18.2. The van der Waals surface area contributed by atoms with E-state index in [9.17, 15) is 5.11 Å². The van der Waals surface area contributed by atoms with Gasteiger partial charge in [-0.1, -0.05) is 110 Å². The highest BCUT2D eigenvalue weighted by Crippen LogP contribution is 2.43. The topological polar surface area (TPSA) is 20.2 Å². The zero-order valence-corrected chi connectivity index (χ0v) is 18.2. The molecule has 0 aliphatic heterocycles. The van der Waals surface area contributed by atoms with E-state index < -0.39 is 0 Å². The Hall–Kier alpha value is -1.76. The molecule has 0 atom stereocenters. The third kappa shape index (κ3) is 5.61. The van der Waals surface area contributed by atoms with Crippen LogP contribution in [0.1, 0.15) is 91.2 Å². The van der Waals surface area contributed by atoms with Gasteiger partial charge in [0.15, 0.2) is 0 Å². The van der Waals surface area contributed by atoms with Crippen molar-refractivity contribution < 1.29 is 5.11 Å². The van der Waals surface area contributed by atoms with Gasteiger partial charge in [-0.05, 0) is 45.6 Å². The van der Waals surface area contributed by atoms with Crippen molar-refractivity contribution in [2.24, 2.45) is 0 Å². The van der Waals surface area contributed by atoms with Crippen molar-refractivity contribution in [2.45, 2.75) is 90.9 Å². The van der Waals surface area contributed by atoms with E-state index in [-0.39, 0.29) is 10.8 Å². The second kappa shape index (κ2) is 8.95. The lowest BCUT2D eigenvalue weighted by molar-refractivity contribution is 0.432. The van der Waals surface area contributed by atoms with E-state index in [2.05, 4.69) is 71.9 Å². The summed E-state index contributed by atoms with van der Waals surface area (Å²) in [7, 11) is 0. The molecule has 0 spiro atoms. The first-order valence-electron chi connectivity index (χ1n) is 10.6. The van der Waals surface area contributed by atoms with Gasteiger partial charge in [-0.15, -0.1) is 0 Å². The van der Waals surface area contributed by atoms with Crippen molar-refractivity contribution in [1.82, 2.24) is 0 Å². The van der Waals surface area contributed by atoms with Crippen molar-refractivity contribution in [2.75, 3.05) is 0 Å². The summed E-state index contributed by atoms with van der Waals surface area (Å²) in [6, 6.07) is 14.7. The summed E-state index contributed by atoms with van der Waals surface area (Å²) in [5.74, 6) is 0.406. The Morgan fingerprint density at radius 3 is 2.00 bits per heavy atom. The van der Waals surface area contributed by atoms with Crippen molar-refractivity contribution in [3.63, 3.8) is 0 Å². The number of aromatic hydroxyl groups is 1. The summed E-state index contributed by atoms with van der Waals surface area (Å²) in [4.78, 5) is 0. The number of phenolic OH excluding ortho intramolecular Hbond substituents is 1. The minimum atomic E-state index is -0.0781. The van der Waals surface area contributed by atoms with E-state index in [1.165, 1.54) is 55.2 Å². The maximum Gasteiger partial charge on any atom is 0.119 e. The average molecular weight is 367 g/mol. The Morgan fingerprint density at radius 2 is 1.41 bits per heavy atom.